The third-order valence-electron chi connectivity index (χ3n) is 1.94. The average molecular weight is 291 g/mol. The second-order valence-electron chi connectivity index (χ2n) is 3.54. The fourth-order valence-electron chi connectivity index (χ4n) is 1.08. The van der Waals surface area contributed by atoms with E-state index >= 15 is 0 Å². The molecule has 0 radical (unpaired) electrons. The molecule has 1 atom stereocenters. The number of nitrogen functional groups attached to an aromatic ring is 1. The van der Waals surface area contributed by atoms with Gasteiger partial charge in [0.25, 0.3) is 0 Å². The maximum Gasteiger partial charge on any atom is 0.0629 e. The Morgan fingerprint density at radius 2 is 2.13 bits per heavy atom. The number of benzene rings is 1. The smallest absolute Gasteiger partial charge is 0.0629 e. The highest BCUT2D eigenvalue weighted by molar-refractivity contribution is 9.10. The summed E-state index contributed by atoms with van der Waals surface area (Å²) < 4.78 is 12.8. The Labute approximate surface area is 101 Å². The first-order chi connectivity index (χ1) is 7.00. The van der Waals surface area contributed by atoms with E-state index in [1.807, 2.05) is 31.1 Å². The van der Waals surface area contributed by atoms with E-state index in [2.05, 4.69) is 15.9 Å². The van der Waals surface area contributed by atoms with Crippen LogP contribution in [0.15, 0.2) is 27.6 Å². The second-order valence-corrected chi connectivity index (χ2v) is 5.99. The molecule has 0 fully saturated rings. The van der Waals surface area contributed by atoms with Crippen LogP contribution in [0.4, 0.5) is 5.69 Å². The zero-order valence-corrected chi connectivity index (χ0v) is 11.3. The summed E-state index contributed by atoms with van der Waals surface area (Å²) in [4.78, 5) is 2.72. The number of halogens is 1. The number of nitrogens with two attached hydrogens (primary N) is 1. The molecule has 1 unspecified atom stereocenters. The van der Waals surface area contributed by atoms with Crippen LogP contribution in [0.2, 0.25) is 0 Å². The molecule has 1 aromatic carbocycles. The van der Waals surface area contributed by atoms with Crippen LogP contribution in [-0.4, -0.2) is 35.5 Å². The molecule has 0 aliphatic heterocycles. The van der Waals surface area contributed by atoms with Gasteiger partial charge < -0.3 is 10.6 Å². The minimum atomic E-state index is -1.02. The highest BCUT2D eigenvalue weighted by Gasteiger charge is 2.08. The summed E-state index contributed by atoms with van der Waals surface area (Å²) in [5.74, 6) is 0.605. The first-order valence-corrected chi connectivity index (χ1v) is 6.70. The molecular weight excluding hydrogens is 276 g/mol. The lowest BCUT2D eigenvalue weighted by molar-refractivity contribution is 0.435. The first-order valence-electron chi connectivity index (χ1n) is 4.59. The standard InChI is InChI=1S/C10H15BrN2OS/c1-13(2)5-6-15(14)10-7-8(11)3-4-9(10)12/h3-4,7H,5-6,12H2,1-2H3. The van der Waals surface area contributed by atoms with Crippen molar-refractivity contribution in [1.82, 2.24) is 4.90 Å². The van der Waals surface area contributed by atoms with Crippen molar-refractivity contribution in [2.24, 2.45) is 0 Å². The van der Waals surface area contributed by atoms with Crippen LogP contribution < -0.4 is 5.73 Å². The van der Waals surface area contributed by atoms with E-state index in [0.29, 0.717) is 16.3 Å². The quantitative estimate of drug-likeness (QED) is 0.859. The first kappa shape index (κ1) is 12.7. The maximum atomic E-state index is 11.9. The number of nitrogens with zero attached hydrogens (tertiary/aromatic N) is 1. The van der Waals surface area contributed by atoms with Crippen molar-refractivity contribution in [2.75, 3.05) is 32.1 Å². The topological polar surface area (TPSA) is 46.3 Å². The molecule has 0 aliphatic rings. The van der Waals surface area contributed by atoms with Gasteiger partial charge in [-0.2, -0.15) is 0 Å². The van der Waals surface area contributed by atoms with Gasteiger partial charge in [0.15, 0.2) is 0 Å². The van der Waals surface area contributed by atoms with E-state index in [1.54, 1.807) is 6.07 Å². The average Bonchev–Trinajstić information content (AvgIpc) is 2.18. The van der Waals surface area contributed by atoms with Crippen molar-refractivity contribution < 1.29 is 4.21 Å². The molecule has 15 heavy (non-hydrogen) atoms. The lowest BCUT2D eigenvalue weighted by atomic mass is 10.3. The van der Waals surface area contributed by atoms with E-state index in [4.69, 9.17) is 5.73 Å². The van der Waals surface area contributed by atoms with Gasteiger partial charge in [-0.25, -0.2) is 0 Å². The van der Waals surface area contributed by atoms with Gasteiger partial charge >= 0.3 is 0 Å². The Hall–Kier alpha value is -0.390. The third-order valence-corrected chi connectivity index (χ3v) is 3.84. The predicted molar refractivity (Wildman–Crippen MR) is 68.4 cm³/mol. The third kappa shape index (κ3) is 3.93. The highest BCUT2D eigenvalue weighted by atomic mass is 79.9. The SMILES string of the molecule is CN(C)CCS(=O)c1cc(Br)ccc1N. The Morgan fingerprint density at radius 1 is 1.47 bits per heavy atom. The molecule has 0 saturated carbocycles. The molecule has 0 aliphatic carbocycles. The van der Waals surface area contributed by atoms with Crippen LogP contribution in [0.3, 0.4) is 0 Å². The summed E-state index contributed by atoms with van der Waals surface area (Å²) in [5.41, 5.74) is 6.36. The summed E-state index contributed by atoms with van der Waals surface area (Å²) >= 11 is 3.34. The van der Waals surface area contributed by atoms with Crippen molar-refractivity contribution in [2.45, 2.75) is 4.90 Å². The fourth-order valence-corrected chi connectivity index (χ4v) is 2.93. The minimum absolute atomic E-state index is 0.593. The molecule has 3 nitrogen and oxygen atoms in total. The number of rotatable bonds is 4. The van der Waals surface area contributed by atoms with Crippen molar-refractivity contribution in [3.05, 3.63) is 22.7 Å². The Kier molecular flexibility index (Phi) is 4.76. The lowest BCUT2D eigenvalue weighted by Crippen LogP contribution is -2.19. The summed E-state index contributed by atoms with van der Waals surface area (Å²) in [7, 11) is 2.90. The van der Waals surface area contributed by atoms with Gasteiger partial charge in [0.2, 0.25) is 0 Å². The molecule has 1 aromatic rings. The van der Waals surface area contributed by atoms with E-state index < -0.39 is 10.8 Å². The van der Waals surface area contributed by atoms with Gasteiger partial charge in [-0.1, -0.05) is 15.9 Å². The monoisotopic (exact) mass is 290 g/mol. The van der Waals surface area contributed by atoms with E-state index in [-0.39, 0.29) is 0 Å². The van der Waals surface area contributed by atoms with Crippen molar-refractivity contribution in [1.29, 1.82) is 0 Å². The number of hydrogen-bond acceptors (Lipinski definition) is 3. The summed E-state index contributed by atoms with van der Waals surface area (Å²) in [5, 5.41) is 0. The van der Waals surface area contributed by atoms with Gasteiger partial charge in [0, 0.05) is 22.5 Å². The summed E-state index contributed by atoms with van der Waals surface area (Å²) in [6, 6.07) is 5.44. The molecule has 84 valence electrons. The number of hydrogen-bond donors (Lipinski definition) is 1. The van der Waals surface area contributed by atoms with Gasteiger partial charge in [-0.15, -0.1) is 0 Å². The zero-order valence-electron chi connectivity index (χ0n) is 8.87. The molecule has 0 saturated heterocycles. The second kappa shape index (κ2) is 5.63. The van der Waals surface area contributed by atoms with Gasteiger partial charge in [0.1, 0.15) is 0 Å². The molecule has 2 N–H and O–H groups in total. The van der Waals surface area contributed by atoms with Crippen molar-refractivity contribution >= 4 is 32.4 Å². The van der Waals surface area contributed by atoms with Gasteiger partial charge in [-0.3, -0.25) is 4.21 Å². The molecule has 5 heteroatoms. The molecule has 0 heterocycles. The van der Waals surface area contributed by atoms with Gasteiger partial charge in [0.05, 0.1) is 15.7 Å². The lowest BCUT2D eigenvalue weighted by Gasteiger charge is -2.10. The van der Waals surface area contributed by atoms with E-state index in [1.165, 1.54) is 0 Å². The van der Waals surface area contributed by atoms with Crippen LogP contribution in [0.25, 0.3) is 0 Å². The highest BCUT2D eigenvalue weighted by Crippen LogP contribution is 2.21. The molecule has 0 spiro atoms. The minimum Gasteiger partial charge on any atom is -0.398 e. The normalized spacial score (nSPS) is 13.1. The van der Waals surface area contributed by atoms with Crippen LogP contribution in [0, 0.1) is 0 Å². The largest absolute Gasteiger partial charge is 0.398 e. The fraction of sp³-hybridized carbons (Fsp3) is 0.400. The Bertz CT molecular complexity index is 368. The zero-order chi connectivity index (χ0) is 11.4. The molecule has 0 amide bonds. The molecule has 0 aromatic heterocycles. The number of anilines is 1. The Morgan fingerprint density at radius 3 is 2.73 bits per heavy atom. The molecule has 0 bridgehead atoms. The maximum absolute atomic E-state index is 11.9. The van der Waals surface area contributed by atoms with Crippen LogP contribution in [-0.2, 0) is 10.8 Å². The van der Waals surface area contributed by atoms with E-state index in [0.717, 1.165) is 11.0 Å². The van der Waals surface area contributed by atoms with E-state index in [9.17, 15) is 4.21 Å². The summed E-state index contributed by atoms with van der Waals surface area (Å²) in [6.45, 7) is 0.790. The molecular formula is C10H15BrN2OS. The molecule has 1 rings (SSSR count). The Balaban J connectivity index is 2.77. The predicted octanol–water partition coefficient (Wildman–Crippen LogP) is 1.70. The van der Waals surface area contributed by atoms with Crippen LogP contribution in [0.5, 0.6) is 0 Å². The van der Waals surface area contributed by atoms with Crippen LogP contribution >= 0.6 is 15.9 Å². The van der Waals surface area contributed by atoms with Crippen molar-refractivity contribution in [3.63, 3.8) is 0 Å². The van der Waals surface area contributed by atoms with Crippen molar-refractivity contribution in [3.8, 4) is 0 Å². The van der Waals surface area contributed by atoms with Crippen LogP contribution in [0.1, 0.15) is 0 Å². The summed E-state index contributed by atoms with van der Waals surface area (Å²) in [6.07, 6.45) is 0. The van der Waals surface area contributed by atoms with Gasteiger partial charge in [-0.05, 0) is 32.3 Å².